The molecule has 2 aromatic carbocycles. The van der Waals surface area contributed by atoms with Gasteiger partial charge in [-0.05, 0) is 61.2 Å². The lowest BCUT2D eigenvalue weighted by atomic mass is 9.95. The van der Waals surface area contributed by atoms with Crippen LogP contribution in [0.5, 0.6) is 5.75 Å². The summed E-state index contributed by atoms with van der Waals surface area (Å²) in [6.07, 6.45) is 4.74. The lowest BCUT2D eigenvalue weighted by Crippen LogP contribution is -2.38. The molecule has 4 aromatic rings. The number of hydrogen-bond donors (Lipinski definition) is 1. The van der Waals surface area contributed by atoms with Gasteiger partial charge in [0.05, 0.1) is 31.9 Å². The molecule has 0 saturated heterocycles. The van der Waals surface area contributed by atoms with E-state index in [-0.39, 0.29) is 11.3 Å². The Kier molecular flexibility index (Phi) is 6.83. The normalized spacial score (nSPS) is 15.8. The number of amides is 1. The van der Waals surface area contributed by atoms with E-state index >= 15 is 0 Å². The molecule has 0 atom stereocenters. The molecule has 9 nitrogen and oxygen atoms in total. The van der Waals surface area contributed by atoms with Gasteiger partial charge in [-0.3, -0.25) is 4.79 Å². The van der Waals surface area contributed by atoms with E-state index in [1.807, 2.05) is 40.7 Å². The first kappa shape index (κ1) is 24.9. The van der Waals surface area contributed by atoms with Crippen molar-refractivity contribution < 1.29 is 18.8 Å². The van der Waals surface area contributed by atoms with Gasteiger partial charge in [-0.2, -0.15) is 9.43 Å². The van der Waals surface area contributed by atoms with Gasteiger partial charge in [-0.25, -0.2) is 14.6 Å². The molecule has 0 unspecified atom stereocenters. The van der Waals surface area contributed by atoms with Crippen LogP contribution in [0.25, 0.3) is 5.69 Å². The molecule has 2 aromatic heterocycles. The summed E-state index contributed by atoms with van der Waals surface area (Å²) in [5, 5.41) is 11.7. The molecule has 1 N–H and O–H groups in total. The number of aromatic nitrogens is 3. The molecule has 2 aliphatic rings. The summed E-state index contributed by atoms with van der Waals surface area (Å²) in [6, 6.07) is 15.9. The summed E-state index contributed by atoms with van der Waals surface area (Å²) in [6.45, 7) is 1.41. The van der Waals surface area contributed by atoms with Gasteiger partial charge in [0.1, 0.15) is 11.4 Å². The van der Waals surface area contributed by atoms with Crippen LogP contribution in [0.2, 0.25) is 0 Å². The first-order valence-electron chi connectivity index (χ1n) is 12.3. The van der Waals surface area contributed by atoms with Gasteiger partial charge in [-0.15, -0.1) is 11.3 Å². The Morgan fingerprint density at radius 3 is 2.50 bits per heavy atom. The van der Waals surface area contributed by atoms with Gasteiger partial charge in [0.2, 0.25) is 0 Å². The fourth-order valence-corrected chi connectivity index (χ4v) is 5.96. The van der Waals surface area contributed by atoms with E-state index in [4.69, 9.17) is 19.1 Å². The van der Waals surface area contributed by atoms with Crippen molar-refractivity contribution in [3.05, 3.63) is 76.9 Å². The zero-order chi connectivity index (χ0) is 26.1. The maximum atomic E-state index is 13.9. The summed E-state index contributed by atoms with van der Waals surface area (Å²) < 4.78 is 12.1. The fraction of sp³-hybridized carbons (Fsp3) is 0.296. The van der Waals surface area contributed by atoms with Crippen molar-refractivity contribution in [2.75, 3.05) is 37.5 Å². The monoisotopic (exact) mass is 549 g/mol. The maximum Gasteiger partial charge on any atom is 0.277 e. The van der Waals surface area contributed by atoms with E-state index in [0.29, 0.717) is 23.7 Å². The van der Waals surface area contributed by atoms with Gasteiger partial charge >= 0.3 is 0 Å². The van der Waals surface area contributed by atoms with Crippen LogP contribution in [0, 0.1) is 0 Å². The van der Waals surface area contributed by atoms with Crippen LogP contribution in [0.4, 0.5) is 10.8 Å². The van der Waals surface area contributed by atoms with Gasteiger partial charge < -0.3 is 15.0 Å². The minimum atomic E-state index is -0.0989. The Bertz CT molecular complexity index is 1420. The zero-order valence-corrected chi connectivity index (χ0v) is 22.7. The van der Waals surface area contributed by atoms with Crippen LogP contribution in [0.15, 0.2) is 65.1 Å². The van der Waals surface area contributed by atoms with Crippen molar-refractivity contribution in [2.45, 2.75) is 29.7 Å². The SMILES string of the molecule is COOSc1nn(-c2ccc(OC)cc2)c2c1CCN(c1ccc(C3(CNc4nccs4)CC3)cc1)C2=O. The number of ether oxygens (including phenoxy) is 1. The molecule has 1 aliphatic heterocycles. The van der Waals surface area contributed by atoms with E-state index in [1.165, 1.54) is 12.7 Å². The highest BCUT2D eigenvalue weighted by Crippen LogP contribution is 2.48. The van der Waals surface area contributed by atoms with E-state index in [0.717, 1.165) is 59.2 Å². The average molecular weight is 550 g/mol. The average Bonchev–Trinajstić information content (AvgIpc) is 3.38. The van der Waals surface area contributed by atoms with E-state index < -0.39 is 0 Å². The summed E-state index contributed by atoms with van der Waals surface area (Å²) in [5.74, 6) is 0.633. The lowest BCUT2D eigenvalue weighted by Gasteiger charge is -2.28. The molecule has 196 valence electrons. The second-order valence-corrected chi connectivity index (χ2v) is 10.9. The largest absolute Gasteiger partial charge is 0.497 e. The van der Waals surface area contributed by atoms with Crippen LogP contribution >= 0.6 is 23.4 Å². The Balaban J connectivity index is 1.26. The number of carbonyl (C=O) groups excluding carboxylic acids is 1. The minimum absolute atomic E-state index is 0.0989. The first-order valence-corrected chi connectivity index (χ1v) is 13.9. The predicted octanol–water partition coefficient (Wildman–Crippen LogP) is 5.27. The molecule has 11 heteroatoms. The Hall–Kier alpha value is -3.38. The molecule has 6 rings (SSSR count). The number of methoxy groups -OCH3 is 1. The summed E-state index contributed by atoms with van der Waals surface area (Å²) in [4.78, 5) is 24.8. The second-order valence-electron chi connectivity index (χ2n) is 9.28. The molecule has 0 radical (unpaired) electrons. The number of rotatable bonds is 10. The topological polar surface area (TPSA) is 90.7 Å². The van der Waals surface area contributed by atoms with Crippen LogP contribution in [0.1, 0.15) is 34.5 Å². The first-order chi connectivity index (χ1) is 18.6. The minimum Gasteiger partial charge on any atom is -0.497 e. The predicted molar refractivity (Wildman–Crippen MR) is 147 cm³/mol. The van der Waals surface area contributed by atoms with Crippen LogP contribution in [0.3, 0.4) is 0 Å². The fourth-order valence-electron chi connectivity index (χ4n) is 4.89. The van der Waals surface area contributed by atoms with Crippen LogP contribution in [-0.4, -0.2) is 48.0 Å². The summed E-state index contributed by atoms with van der Waals surface area (Å²) in [7, 11) is 3.06. The third-order valence-corrected chi connectivity index (χ3v) is 8.55. The van der Waals surface area contributed by atoms with Crippen LogP contribution < -0.4 is 15.0 Å². The third-order valence-electron chi connectivity index (χ3n) is 7.13. The number of benzene rings is 2. The van der Waals surface area contributed by atoms with Crippen molar-refractivity contribution in [2.24, 2.45) is 0 Å². The molecular weight excluding hydrogens is 522 g/mol. The highest BCUT2D eigenvalue weighted by atomic mass is 32.2. The molecule has 0 spiro atoms. The van der Waals surface area contributed by atoms with Crippen molar-refractivity contribution >= 4 is 40.1 Å². The van der Waals surface area contributed by atoms with E-state index in [2.05, 4.69) is 34.6 Å². The summed E-state index contributed by atoms with van der Waals surface area (Å²) >= 11 is 2.63. The molecule has 1 saturated carbocycles. The van der Waals surface area contributed by atoms with Crippen molar-refractivity contribution in [3.63, 3.8) is 0 Å². The van der Waals surface area contributed by atoms with E-state index in [1.54, 1.807) is 23.1 Å². The zero-order valence-electron chi connectivity index (χ0n) is 21.0. The van der Waals surface area contributed by atoms with Gasteiger partial charge in [-0.1, -0.05) is 12.1 Å². The Morgan fingerprint density at radius 2 is 1.84 bits per heavy atom. The molecule has 1 amide bonds. The molecule has 1 aliphatic carbocycles. The number of anilines is 2. The second kappa shape index (κ2) is 10.4. The number of thiazole rings is 1. The van der Waals surface area contributed by atoms with Crippen molar-refractivity contribution in [1.82, 2.24) is 14.8 Å². The number of nitrogens with zero attached hydrogens (tertiary/aromatic N) is 4. The Labute approximate surface area is 228 Å². The molecular formula is C27H27N5O4S2. The highest BCUT2D eigenvalue weighted by molar-refractivity contribution is 7.94. The van der Waals surface area contributed by atoms with Gasteiger partial charge in [0.15, 0.2) is 10.2 Å². The lowest BCUT2D eigenvalue weighted by molar-refractivity contribution is -0.160. The maximum absolute atomic E-state index is 13.9. The summed E-state index contributed by atoms with van der Waals surface area (Å²) in [5.41, 5.74) is 4.43. The smallest absolute Gasteiger partial charge is 0.277 e. The van der Waals surface area contributed by atoms with Crippen molar-refractivity contribution in [3.8, 4) is 11.4 Å². The molecule has 38 heavy (non-hydrogen) atoms. The number of carbonyl (C=O) groups is 1. The quantitative estimate of drug-likeness (QED) is 0.163. The van der Waals surface area contributed by atoms with E-state index in [9.17, 15) is 4.79 Å². The van der Waals surface area contributed by atoms with Gasteiger partial charge in [0.25, 0.3) is 5.91 Å². The number of fused-ring (bicyclic) bond motifs is 1. The van der Waals surface area contributed by atoms with Gasteiger partial charge in [0, 0.05) is 41.3 Å². The molecule has 3 heterocycles. The van der Waals surface area contributed by atoms with Crippen LogP contribution in [-0.2, 0) is 21.1 Å². The number of hydrogen-bond acceptors (Lipinski definition) is 9. The Morgan fingerprint density at radius 1 is 1.08 bits per heavy atom. The third kappa shape index (κ3) is 4.66. The number of nitrogens with one attached hydrogen (secondary N) is 1. The van der Waals surface area contributed by atoms with Crippen molar-refractivity contribution in [1.29, 1.82) is 0 Å². The standard InChI is InChI=1S/C27H27N5O4S2/c1-34-21-9-7-20(8-10-21)32-23-22(24(30-32)38-36-35-2)11-15-31(25(23)33)19-5-3-18(4-6-19)27(12-13-27)17-29-26-28-14-16-37-26/h3-10,14,16H,11-13,15,17H2,1-2H3,(H,28,29). The highest BCUT2D eigenvalue weighted by Gasteiger charge is 2.44. The molecule has 1 fully saturated rings. The molecule has 0 bridgehead atoms.